The van der Waals surface area contributed by atoms with Gasteiger partial charge in [-0.3, -0.25) is 4.79 Å². The molecular weight excluding hydrogens is 414 g/mol. The molecule has 0 fully saturated rings. The lowest BCUT2D eigenvalue weighted by Crippen LogP contribution is -2.23. The average Bonchev–Trinajstić information content (AvgIpc) is 3.12. The number of aryl methyl sites for hydroxylation is 2. The van der Waals surface area contributed by atoms with E-state index in [9.17, 15) is 13.2 Å². The number of sulfone groups is 1. The summed E-state index contributed by atoms with van der Waals surface area (Å²) < 4.78 is 29.9. The number of hydrogen-bond donors (Lipinski definition) is 1. The summed E-state index contributed by atoms with van der Waals surface area (Å²) in [7, 11) is -3.57. The molecule has 1 heterocycles. The van der Waals surface area contributed by atoms with E-state index in [2.05, 4.69) is 15.5 Å². The van der Waals surface area contributed by atoms with Crippen molar-refractivity contribution in [3.63, 3.8) is 0 Å². The molecule has 9 heteroatoms. The maximum Gasteiger partial charge on any atom is 0.227 e. The molecule has 3 rings (SSSR count). The molecule has 7 nitrogen and oxygen atoms in total. The Morgan fingerprint density at radius 3 is 2.66 bits per heavy atom. The van der Waals surface area contributed by atoms with Crippen molar-refractivity contribution in [3.05, 3.63) is 76.4 Å². The summed E-state index contributed by atoms with van der Waals surface area (Å²) in [5, 5.41) is 7.11. The van der Waals surface area contributed by atoms with Crippen molar-refractivity contribution in [2.75, 3.05) is 0 Å². The number of carbonyl (C=O) groups excluding carboxylic acids is 1. The van der Waals surface area contributed by atoms with Crippen LogP contribution < -0.4 is 5.32 Å². The van der Waals surface area contributed by atoms with Gasteiger partial charge in [0.2, 0.25) is 11.8 Å². The molecule has 152 valence electrons. The molecule has 0 radical (unpaired) electrons. The summed E-state index contributed by atoms with van der Waals surface area (Å²) in [6.07, 6.45) is 0.367. The number of carbonyl (C=O) groups is 1. The minimum Gasteiger partial charge on any atom is -0.352 e. The van der Waals surface area contributed by atoms with Crippen LogP contribution in [-0.4, -0.2) is 24.5 Å². The molecule has 2 aromatic carbocycles. The van der Waals surface area contributed by atoms with Gasteiger partial charge >= 0.3 is 0 Å². The highest BCUT2D eigenvalue weighted by Crippen LogP contribution is 2.16. The topological polar surface area (TPSA) is 102 Å². The molecule has 0 spiro atoms. The van der Waals surface area contributed by atoms with Gasteiger partial charge in [0.1, 0.15) is 5.75 Å². The molecule has 0 saturated carbocycles. The fraction of sp³-hybridized carbons (Fsp3) is 0.250. The van der Waals surface area contributed by atoms with E-state index in [0.717, 1.165) is 11.1 Å². The van der Waals surface area contributed by atoms with Crippen molar-refractivity contribution >= 4 is 27.3 Å². The second kappa shape index (κ2) is 9.19. The Morgan fingerprint density at radius 1 is 1.17 bits per heavy atom. The number of rotatable bonds is 8. The maximum atomic E-state index is 12.4. The number of amides is 1. The van der Waals surface area contributed by atoms with Crippen LogP contribution in [0.3, 0.4) is 0 Å². The van der Waals surface area contributed by atoms with Gasteiger partial charge in [0.25, 0.3) is 0 Å². The summed E-state index contributed by atoms with van der Waals surface area (Å²) in [4.78, 5) is 16.3. The zero-order chi connectivity index (χ0) is 20.9. The van der Waals surface area contributed by atoms with Crippen LogP contribution in [0.2, 0.25) is 5.02 Å². The average molecular weight is 434 g/mol. The third-order valence-corrected chi connectivity index (χ3v) is 6.02. The molecule has 3 aromatic rings. The summed E-state index contributed by atoms with van der Waals surface area (Å²) in [5.74, 6) is -0.255. The monoisotopic (exact) mass is 433 g/mol. The summed E-state index contributed by atoms with van der Waals surface area (Å²) in [5.41, 5.74) is 1.87. The Hall–Kier alpha value is -2.71. The fourth-order valence-electron chi connectivity index (χ4n) is 2.61. The van der Waals surface area contributed by atoms with Gasteiger partial charge in [-0.15, -0.1) is 0 Å². The fourth-order valence-corrected chi connectivity index (χ4v) is 3.99. The van der Waals surface area contributed by atoms with Crippen molar-refractivity contribution < 1.29 is 17.7 Å². The van der Waals surface area contributed by atoms with E-state index in [0.29, 0.717) is 11.6 Å². The molecule has 0 unspecified atom stereocenters. The lowest BCUT2D eigenvalue weighted by Gasteiger charge is -2.04. The Bertz CT molecular complexity index is 1090. The SMILES string of the molecule is Cc1ccc(S(=O)(=O)Cc2noc(CCC(=O)NCc3cccc(Cl)c3)n2)cc1. The van der Waals surface area contributed by atoms with Crippen molar-refractivity contribution in [2.24, 2.45) is 0 Å². The molecule has 0 bridgehead atoms. The van der Waals surface area contributed by atoms with Crippen molar-refractivity contribution in [1.29, 1.82) is 0 Å². The highest BCUT2D eigenvalue weighted by Gasteiger charge is 2.19. The molecule has 0 aliphatic carbocycles. The number of nitrogens with zero attached hydrogens (tertiary/aromatic N) is 2. The Kier molecular flexibility index (Phi) is 6.66. The van der Waals surface area contributed by atoms with E-state index in [-0.39, 0.29) is 41.1 Å². The van der Waals surface area contributed by atoms with E-state index in [4.69, 9.17) is 16.1 Å². The molecule has 0 aliphatic rings. The minimum atomic E-state index is -3.57. The summed E-state index contributed by atoms with van der Waals surface area (Å²) >= 11 is 5.91. The normalized spacial score (nSPS) is 11.4. The number of hydrogen-bond acceptors (Lipinski definition) is 6. The second-order valence-electron chi connectivity index (χ2n) is 6.58. The predicted molar refractivity (Wildman–Crippen MR) is 108 cm³/mol. The third-order valence-electron chi connectivity index (χ3n) is 4.15. The van der Waals surface area contributed by atoms with Crippen molar-refractivity contribution in [3.8, 4) is 0 Å². The Balaban J connectivity index is 1.51. The molecule has 0 atom stereocenters. The number of nitrogens with one attached hydrogen (secondary N) is 1. The van der Waals surface area contributed by atoms with Crippen LogP contribution in [-0.2, 0) is 33.4 Å². The number of benzene rings is 2. The molecule has 1 N–H and O–H groups in total. The van der Waals surface area contributed by atoms with Crippen molar-refractivity contribution in [1.82, 2.24) is 15.5 Å². The summed E-state index contributed by atoms with van der Waals surface area (Å²) in [6, 6.07) is 13.8. The van der Waals surface area contributed by atoms with Crippen LogP contribution in [0.25, 0.3) is 0 Å². The smallest absolute Gasteiger partial charge is 0.227 e. The van der Waals surface area contributed by atoms with E-state index in [1.54, 1.807) is 36.4 Å². The first-order valence-electron chi connectivity index (χ1n) is 8.94. The highest BCUT2D eigenvalue weighted by atomic mass is 35.5. The predicted octanol–water partition coefficient (Wildman–Crippen LogP) is 3.25. The van der Waals surface area contributed by atoms with Crippen LogP contribution in [0.4, 0.5) is 0 Å². The lowest BCUT2D eigenvalue weighted by molar-refractivity contribution is -0.121. The molecule has 0 aliphatic heterocycles. The van der Waals surface area contributed by atoms with Crippen LogP contribution in [0, 0.1) is 6.92 Å². The van der Waals surface area contributed by atoms with Gasteiger partial charge in [0, 0.05) is 24.4 Å². The second-order valence-corrected chi connectivity index (χ2v) is 9.01. The first kappa shape index (κ1) is 21.0. The van der Waals surface area contributed by atoms with E-state index < -0.39 is 9.84 Å². The van der Waals surface area contributed by atoms with Gasteiger partial charge in [0.05, 0.1) is 4.90 Å². The maximum absolute atomic E-state index is 12.4. The minimum absolute atomic E-state index is 0.0694. The Labute approximate surface area is 174 Å². The molecule has 29 heavy (non-hydrogen) atoms. The van der Waals surface area contributed by atoms with E-state index >= 15 is 0 Å². The van der Waals surface area contributed by atoms with E-state index in [1.807, 2.05) is 19.1 Å². The third kappa shape index (κ3) is 6.13. The van der Waals surface area contributed by atoms with Crippen LogP contribution in [0.5, 0.6) is 0 Å². The zero-order valence-electron chi connectivity index (χ0n) is 15.8. The van der Waals surface area contributed by atoms with Gasteiger partial charge in [-0.25, -0.2) is 8.42 Å². The quantitative estimate of drug-likeness (QED) is 0.585. The van der Waals surface area contributed by atoms with E-state index in [1.165, 1.54) is 0 Å². The molecule has 0 saturated heterocycles. The molecule has 1 amide bonds. The lowest BCUT2D eigenvalue weighted by atomic mass is 10.2. The van der Waals surface area contributed by atoms with Crippen LogP contribution in [0.1, 0.15) is 29.3 Å². The largest absolute Gasteiger partial charge is 0.352 e. The number of aromatic nitrogens is 2. The van der Waals surface area contributed by atoms with Gasteiger partial charge < -0.3 is 9.84 Å². The van der Waals surface area contributed by atoms with Crippen molar-refractivity contribution in [2.45, 2.75) is 37.0 Å². The van der Waals surface area contributed by atoms with Gasteiger partial charge in [-0.2, -0.15) is 4.98 Å². The Morgan fingerprint density at radius 2 is 1.93 bits per heavy atom. The van der Waals surface area contributed by atoms with Crippen LogP contribution >= 0.6 is 11.6 Å². The highest BCUT2D eigenvalue weighted by molar-refractivity contribution is 7.90. The van der Waals surface area contributed by atoms with Gasteiger partial charge in [0.15, 0.2) is 15.7 Å². The first-order chi connectivity index (χ1) is 13.8. The van der Waals surface area contributed by atoms with Gasteiger partial charge in [-0.1, -0.05) is 46.6 Å². The number of halogens is 1. The summed E-state index contributed by atoms with van der Waals surface area (Å²) in [6.45, 7) is 2.25. The molecular formula is C20H20ClN3O4S. The van der Waals surface area contributed by atoms with Gasteiger partial charge in [-0.05, 0) is 36.8 Å². The zero-order valence-corrected chi connectivity index (χ0v) is 17.3. The van der Waals surface area contributed by atoms with Crippen LogP contribution in [0.15, 0.2) is 57.9 Å². The first-order valence-corrected chi connectivity index (χ1v) is 11.0. The standard InChI is InChI=1S/C20H20ClN3O4S/c1-14-5-7-17(8-6-14)29(26,27)13-18-23-20(28-24-18)10-9-19(25)22-12-15-3-2-4-16(21)11-15/h2-8,11H,9-10,12-13H2,1H3,(H,22,25). The molecule has 1 aromatic heterocycles.